The first kappa shape index (κ1) is 12.7. The van der Waals surface area contributed by atoms with Gasteiger partial charge in [-0.15, -0.1) is 11.8 Å². The van der Waals surface area contributed by atoms with Crippen LogP contribution in [0.25, 0.3) is 0 Å². The number of thioether (sulfide) groups is 1. The Labute approximate surface area is 110 Å². The summed E-state index contributed by atoms with van der Waals surface area (Å²) in [6, 6.07) is 7.20. The summed E-state index contributed by atoms with van der Waals surface area (Å²) in [6.07, 6.45) is 3.51. The number of aromatic nitrogens is 2. The molecule has 0 spiro atoms. The normalized spacial score (nSPS) is 10.3. The number of anilines is 1. The molecule has 4 nitrogen and oxygen atoms in total. The third kappa shape index (κ3) is 3.63. The minimum absolute atomic E-state index is 0.286. The molecule has 0 aliphatic carbocycles. The summed E-state index contributed by atoms with van der Waals surface area (Å²) >= 11 is 1.62. The van der Waals surface area contributed by atoms with Crippen molar-refractivity contribution in [1.29, 1.82) is 0 Å². The van der Waals surface area contributed by atoms with E-state index in [0.29, 0.717) is 0 Å². The Morgan fingerprint density at radius 3 is 2.83 bits per heavy atom. The van der Waals surface area contributed by atoms with E-state index in [0.717, 1.165) is 28.7 Å². The number of hydrogen-bond donors (Lipinski definition) is 2. The predicted octanol–water partition coefficient (Wildman–Crippen LogP) is 2.91. The van der Waals surface area contributed by atoms with Crippen LogP contribution >= 0.6 is 11.8 Å². The van der Waals surface area contributed by atoms with Crippen molar-refractivity contribution < 1.29 is 5.11 Å². The monoisotopic (exact) mass is 261 g/mol. The van der Waals surface area contributed by atoms with Crippen LogP contribution in [0.3, 0.4) is 0 Å². The molecular weight excluding hydrogens is 246 g/mol. The highest BCUT2D eigenvalue weighted by atomic mass is 32.2. The van der Waals surface area contributed by atoms with E-state index in [9.17, 15) is 5.11 Å². The maximum atomic E-state index is 9.36. The van der Waals surface area contributed by atoms with Crippen LogP contribution in [0.1, 0.15) is 12.6 Å². The van der Waals surface area contributed by atoms with Crippen molar-refractivity contribution in [2.75, 3.05) is 11.9 Å². The van der Waals surface area contributed by atoms with Crippen LogP contribution in [0.4, 0.5) is 5.82 Å². The molecule has 0 radical (unpaired) electrons. The Hall–Kier alpha value is -1.75. The second-order valence-electron chi connectivity index (χ2n) is 3.71. The quantitative estimate of drug-likeness (QED) is 0.810. The van der Waals surface area contributed by atoms with Gasteiger partial charge in [0.1, 0.15) is 11.6 Å². The van der Waals surface area contributed by atoms with E-state index in [2.05, 4.69) is 15.3 Å². The fraction of sp³-hybridized carbons (Fsp3) is 0.231. The molecule has 94 valence electrons. The third-order valence-corrected chi connectivity index (χ3v) is 3.29. The second kappa shape index (κ2) is 6.26. The van der Waals surface area contributed by atoms with Crippen LogP contribution in [0.15, 0.2) is 41.6 Å². The molecule has 0 saturated heterocycles. The topological polar surface area (TPSA) is 58.0 Å². The zero-order valence-electron chi connectivity index (χ0n) is 10.1. The number of nitrogens with zero attached hydrogens (tertiary/aromatic N) is 2. The van der Waals surface area contributed by atoms with E-state index in [1.165, 1.54) is 0 Å². The fourth-order valence-electron chi connectivity index (χ4n) is 1.43. The Morgan fingerprint density at radius 2 is 2.17 bits per heavy atom. The minimum atomic E-state index is 0.286. The van der Waals surface area contributed by atoms with Gasteiger partial charge in [0.25, 0.3) is 0 Å². The Morgan fingerprint density at radius 1 is 1.28 bits per heavy atom. The van der Waals surface area contributed by atoms with Gasteiger partial charge in [0.15, 0.2) is 0 Å². The SMILES string of the molecule is CCNc1cnc(CSc2cccc(O)c2)cn1. The van der Waals surface area contributed by atoms with Gasteiger partial charge in [0, 0.05) is 17.2 Å². The summed E-state index contributed by atoms with van der Waals surface area (Å²) < 4.78 is 0. The van der Waals surface area contributed by atoms with E-state index >= 15 is 0 Å². The predicted molar refractivity (Wildman–Crippen MR) is 73.9 cm³/mol. The first-order chi connectivity index (χ1) is 8.78. The zero-order valence-corrected chi connectivity index (χ0v) is 10.9. The zero-order chi connectivity index (χ0) is 12.8. The van der Waals surface area contributed by atoms with Crippen molar-refractivity contribution in [3.63, 3.8) is 0 Å². The van der Waals surface area contributed by atoms with Crippen LogP contribution in [0.5, 0.6) is 5.75 Å². The largest absolute Gasteiger partial charge is 0.508 e. The van der Waals surface area contributed by atoms with Crippen LogP contribution in [0, 0.1) is 0 Å². The summed E-state index contributed by atoms with van der Waals surface area (Å²) in [4.78, 5) is 9.61. The van der Waals surface area contributed by atoms with Gasteiger partial charge < -0.3 is 10.4 Å². The van der Waals surface area contributed by atoms with Crippen molar-refractivity contribution in [1.82, 2.24) is 9.97 Å². The molecular formula is C13H15N3OS. The molecule has 2 rings (SSSR count). The number of benzene rings is 1. The van der Waals surface area contributed by atoms with Crippen molar-refractivity contribution >= 4 is 17.6 Å². The Kier molecular flexibility index (Phi) is 4.41. The average Bonchev–Trinajstić information content (AvgIpc) is 2.38. The van der Waals surface area contributed by atoms with Crippen molar-refractivity contribution in [2.24, 2.45) is 0 Å². The van der Waals surface area contributed by atoms with Gasteiger partial charge in [-0.1, -0.05) is 6.07 Å². The van der Waals surface area contributed by atoms with Crippen LogP contribution in [0.2, 0.25) is 0 Å². The summed E-state index contributed by atoms with van der Waals surface area (Å²) in [6.45, 7) is 2.86. The molecule has 2 aromatic rings. The van der Waals surface area contributed by atoms with E-state index in [-0.39, 0.29) is 5.75 Å². The lowest BCUT2D eigenvalue weighted by Crippen LogP contribution is -2.00. The molecule has 1 aromatic carbocycles. The first-order valence-corrected chi connectivity index (χ1v) is 6.73. The third-order valence-electron chi connectivity index (χ3n) is 2.27. The van der Waals surface area contributed by atoms with E-state index in [1.807, 2.05) is 19.1 Å². The number of nitrogens with one attached hydrogen (secondary N) is 1. The van der Waals surface area contributed by atoms with Crippen LogP contribution < -0.4 is 5.32 Å². The maximum Gasteiger partial charge on any atom is 0.144 e. The lowest BCUT2D eigenvalue weighted by atomic mass is 10.3. The van der Waals surface area contributed by atoms with Gasteiger partial charge in [0.2, 0.25) is 0 Å². The molecule has 0 amide bonds. The van der Waals surface area contributed by atoms with E-state index in [4.69, 9.17) is 0 Å². The lowest BCUT2D eigenvalue weighted by molar-refractivity contribution is 0.474. The molecule has 1 aromatic heterocycles. The smallest absolute Gasteiger partial charge is 0.144 e. The maximum absolute atomic E-state index is 9.36. The number of hydrogen-bond acceptors (Lipinski definition) is 5. The molecule has 2 N–H and O–H groups in total. The highest BCUT2D eigenvalue weighted by molar-refractivity contribution is 7.98. The van der Waals surface area contributed by atoms with Gasteiger partial charge in [0.05, 0.1) is 18.1 Å². The van der Waals surface area contributed by atoms with Crippen molar-refractivity contribution in [3.8, 4) is 5.75 Å². The Bertz CT molecular complexity index is 502. The van der Waals surface area contributed by atoms with Gasteiger partial charge in [-0.3, -0.25) is 4.98 Å². The Balaban J connectivity index is 1.93. The van der Waals surface area contributed by atoms with E-state index < -0.39 is 0 Å². The molecule has 1 heterocycles. The van der Waals surface area contributed by atoms with Gasteiger partial charge in [-0.2, -0.15) is 0 Å². The number of phenolic OH excluding ortho intramolecular Hbond substituents is 1. The highest BCUT2D eigenvalue weighted by Crippen LogP contribution is 2.24. The molecule has 0 aliphatic rings. The molecule has 0 saturated carbocycles. The number of rotatable bonds is 5. The summed E-state index contributed by atoms with van der Waals surface area (Å²) in [5, 5.41) is 12.5. The van der Waals surface area contributed by atoms with E-state index in [1.54, 1.807) is 36.3 Å². The highest BCUT2D eigenvalue weighted by Gasteiger charge is 2.00. The number of phenols is 1. The molecule has 0 aliphatic heterocycles. The first-order valence-electron chi connectivity index (χ1n) is 5.74. The summed E-state index contributed by atoms with van der Waals surface area (Å²) in [7, 11) is 0. The average molecular weight is 261 g/mol. The molecule has 0 atom stereocenters. The summed E-state index contributed by atoms with van der Waals surface area (Å²) in [5.41, 5.74) is 0.921. The van der Waals surface area contributed by atoms with Gasteiger partial charge in [-0.05, 0) is 25.1 Å². The molecule has 0 bridgehead atoms. The standard InChI is InChI=1S/C13H15N3OS/c1-2-14-13-8-15-10(7-16-13)9-18-12-5-3-4-11(17)6-12/h3-8,17H,2,9H2,1H3,(H,14,16). The molecule has 0 fully saturated rings. The van der Waals surface area contributed by atoms with Crippen LogP contribution in [-0.2, 0) is 5.75 Å². The molecule has 0 unspecified atom stereocenters. The number of aromatic hydroxyl groups is 1. The lowest BCUT2D eigenvalue weighted by Gasteiger charge is -2.04. The fourth-order valence-corrected chi connectivity index (χ4v) is 2.27. The van der Waals surface area contributed by atoms with Crippen LogP contribution in [-0.4, -0.2) is 21.6 Å². The molecule has 5 heteroatoms. The van der Waals surface area contributed by atoms with Crippen molar-refractivity contribution in [3.05, 3.63) is 42.4 Å². The van der Waals surface area contributed by atoms with Gasteiger partial charge in [-0.25, -0.2) is 4.98 Å². The van der Waals surface area contributed by atoms with Gasteiger partial charge >= 0.3 is 0 Å². The van der Waals surface area contributed by atoms with Crippen molar-refractivity contribution in [2.45, 2.75) is 17.6 Å². The second-order valence-corrected chi connectivity index (χ2v) is 4.76. The summed E-state index contributed by atoms with van der Waals surface area (Å²) in [5.74, 6) is 1.82. The molecule has 18 heavy (non-hydrogen) atoms. The minimum Gasteiger partial charge on any atom is -0.508 e.